The minimum Gasteiger partial charge on any atom is -0.478 e. The van der Waals surface area contributed by atoms with E-state index in [9.17, 15) is 14.4 Å². The van der Waals surface area contributed by atoms with E-state index in [-0.39, 0.29) is 23.8 Å². The molecule has 0 saturated carbocycles. The Hall–Kier alpha value is -2.80. The lowest BCUT2D eigenvalue weighted by Gasteiger charge is -2.15. The predicted octanol–water partition coefficient (Wildman–Crippen LogP) is 2.39. The van der Waals surface area contributed by atoms with Crippen LogP contribution in [0.25, 0.3) is 0 Å². The van der Waals surface area contributed by atoms with E-state index < -0.39 is 11.2 Å². The van der Waals surface area contributed by atoms with Gasteiger partial charge < -0.3 is 10.8 Å². The van der Waals surface area contributed by atoms with E-state index >= 15 is 0 Å². The minimum atomic E-state index is -1.06. The number of rotatable bonds is 4. The number of benzene rings is 2. The molecule has 1 aliphatic heterocycles. The van der Waals surface area contributed by atoms with Crippen LogP contribution in [0.1, 0.15) is 16.8 Å². The van der Waals surface area contributed by atoms with Crippen molar-refractivity contribution in [2.24, 2.45) is 0 Å². The quantitative estimate of drug-likeness (QED) is 0.653. The Bertz CT molecular complexity index is 820. The Labute approximate surface area is 142 Å². The summed E-state index contributed by atoms with van der Waals surface area (Å²) in [5, 5.41) is 8.40. The van der Waals surface area contributed by atoms with E-state index in [1.165, 1.54) is 36.0 Å². The molecule has 7 heteroatoms. The third-order valence-electron chi connectivity index (χ3n) is 3.61. The molecular formula is C17H14N2O4S. The van der Waals surface area contributed by atoms with Crippen LogP contribution in [-0.2, 0) is 9.59 Å². The Morgan fingerprint density at radius 3 is 2.50 bits per heavy atom. The molecule has 6 nitrogen and oxygen atoms in total. The fraction of sp³-hybridized carbons (Fsp3) is 0.118. The SMILES string of the molecule is Nc1cccc(S[C@@H]2CC(=O)N(c3ccc(C(=O)O)cc3)C2=O)c1. The van der Waals surface area contributed by atoms with Gasteiger partial charge in [-0.05, 0) is 42.5 Å². The Morgan fingerprint density at radius 1 is 1.17 bits per heavy atom. The molecule has 0 bridgehead atoms. The van der Waals surface area contributed by atoms with Crippen molar-refractivity contribution in [3.63, 3.8) is 0 Å². The average Bonchev–Trinajstić information content (AvgIpc) is 2.81. The largest absolute Gasteiger partial charge is 0.478 e. The maximum atomic E-state index is 12.6. The summed E-state index contributed by atoms with van der Waals surface area (Å²) in [5.74, 6) is -1.67. The lowest BCUT2D eigenvalue weighted by molar-refractivity contribution is -0.121. The van der Waals surface area contributed by atoms with Crippen molar-refractivity contribution in [1.82, 2.24) is 0 Å². The van der Waals surface area contributed by atoms with E-state index in [0.717, 1.165) is 9.80 Å². The van der Waals surface area contributed by atoms with Crippen molar-refractivity contribution in [2.75, 3.05) is 10.6 Å². The summed E-state index contributed by atoms with van der Waals surface area (Å²) >= 11 is 1.30. The molecule has 1 aliphatic rings. The van der Waals surface area contributed by atoms with Crippen LogP contribution in [0.4, 0.5) is 11.4 Å². The van der Waals surface area contributed by atoms with Gasteiger partial charge in [-0.15, -0.1) is 11.8 Å². The second-order valence-electron chi connectivity index (χ2n) is 5.30. The highest BCUT2D eigenvalue weighted by atomic mass is 32.2. The number of nitrogen functional groups attached to an aromatic ring is 1. The zero-order valence-corrected chi connectivity index (χ0v) is 13.3. The van der Waals surface area contributed by atoms with Crippen LogP contribution in [-0.4, -0.2) is 28.1 Å². The van der Waals surface area contributed by atoms with Gasteiger partial charge >= 0.3 is 5.97 Å². The number of imide groups is 1. The monoisotopic (exact) mass is 342 g/mol. The zero-order chi connectivity index (χ0) is 17.3. The van der Waals surface area contributed by atoms with E-state index in [2.05, 4.69) is 0 Å². The van der Waals surface area contributed by atoms with Crippen molar-refractivity contribution >= 4 is 40.9 Å². The van der Waals surface area contributed by atoms with Gasteiger partial charge in [0.1, 0.15) is 0 Å². The number of hydrogen-bond donors (Lipinski definition) is 2. The van der Waals surface area contributed by atoms with Crippen LogP contribution in [0.3, 0.4) is 0 Å². The first-order chi connectivity index (χ1) is 11.5. The van der Waals surface area contributed by atoms with Crippen LogP contribution in [0.5, 0.6) is 0 Å². The molecule has 2 aromatic carbocycles. The number of carbonyl (C=O) groups excluding carboxylic acids is 2. The number of nitrogens with two attached hydrogens (primary N) is 1. The summed E-state index contributed by atoms with van der Waals surface area (Å²) in [6.07, 6.45) is 0.0962. The number of thioether (sulfide) groups is 1. The minimum absolute atomic E-state index is 0.0962. The number of anilines is 2. The van der Waals surface area contributed by atoms with Gasteiger partial charge in [-0.2, -0.15) is 0 Å². The molecule has 0 radical (unpaired) electrons. The molecule has 2 aromatic rings. The molecule has 1 fully saturated rings. The molecule has 1 atom stereocenters. The van der Waals surface area contributed by atoms with Crippen LogP contribution >= 0.6 is 11.8 Å². The summed E-state index contributed by atoms with van der Waals surface area (Å²) in [6, 6.07) is 12.8. The van der Waals surface area contributed by atoms with E-state index in [1.54, 1.807) is 18.2 Å². The summed E-state index contributed by atoms with van der Waals surface area (Å²) in [4.78, 5) is 37.6. The van der Waals surface area contributed by atoms with Gasteiger partial charge in [-0.3, -0.25) is 9.59 Å². The lowest BCUT2D eigenvalue weighted by atomic mass is 10.2. The molecular weight excluding hydrogens is 328 g/mol. The van der Waals surface area contributed by atoms with Gasteiger partial charge in [0.15, 0.2) is 0 Å². The van der Waals surface area contributed by atoms with E-state index in [4.69, 9.17) is 10.8 Å². The molecule has 3 N–H and O–H groups in total. The van der Waals surface area contributed by atoms with Crippen LogP contribution < -0.4 is 10.6 Å². The molecule has 122 valence electrons. The molecule has 1 heterocycles. The molecule has 0 aromatic heterocycles. The second kappa shape index (κ2) is 6.37. The smallest absolute Gasteiger partial charge is 0.335 e. The molecule has 0 spiro atoms. The van der Waals surface area contributed by atoms with Gasteiger partial charge in [0.25, 0.3) is 0 Å². The third kappa shape index (κ3) is 3.11. The summed E-state index contributed by atoms with van der Waals surface area (Å²) < 4.78 is 0. The highest BCUT2D eigenvalue weighted by molar-refractivity contribution is 8.00. The number of hydrogen-bond acceptors (Lipinski definition) is 5. The van der Waals surface area contributed by atoms with E-state index in [0.29, 0.717) is 11.4 Å². The summed E-state index contributed by atoms with van der Waals surface area (Å²) in [5.41, 5.74) is 6.80. The second-order valence-corrected chi connectivity index (χ2v) is 6.58. The molecule has 0 unspecified atom stereocenters. The number of carboxylic acids is 1. The van der Waals surface area contributed by atoms with E-state index in [1.807, 2.05) is 6.07 Å². The number of amides is 2. The molecule has 1 saturated heterocycles. The maximum absolute atomic E-state index is 12.6. The number of carbonyl (C=O) groups is 3. The molecule has 24 heavy (non-hydrogen) atoms. The molecule has 2 amide bonds. The van der Waals surface area contributed by atoms with Crippen molar-refractivity contribution in [1.29, 1.82) is 0 Å². The predicted molar refractivity (Wildman–Crippen MR) is 91.0 cm³/mol. The van der Waals surface area contributed by atoms with Gasteiger partial charge in [0.2, 0.25) is 11.8 Å². The van der Waals surface area contributed by atoms with Gasteiger partial charge in [0, 0.05) is 17.0 Å². The van der Waals surface area contributed by atoms with Crippen molar-refractivity contribution in [3.8, 4) is 0 Å². The number of aromatic carboxylic acids is 1. The normalized spacial score (nSPS) is 17.3. The van der Waals surface area contributed by atoms with Crippen LogP contribution in [0.2, 0.25) is 0 Å². The molecule has 3 rings (SSSR count). The summed E-state index contributed by atoms with van der Waals surface area (Å²) in [7, 11) is 0. The maximum Gasteiger partial charge on any atom is 0.335 e. The van der Waals surface area contributed by atoms with Gasteiger partial charge in [-0.25, -0.2) is 9.69 Å². The first kappa shape index (κ1) is 16.1. The van der Waals surface area contributed by atoms with Gasteiger partial charge in [0.05, 0.1) is 16.5 Å². The summed E-state index contributed by atoms with van der Waals surface area (Å²) in [6.45, 7) is 0. The first-order valence-electron chi connectivity index (χ1n) is 7.18. The van der Waals surface area contributed by atoms with Crippen molar-refractivity contribution in [3.05, 3.63) is 54.1 Å². The zero-order valence-electron chi connectivity index (χ0n) is 12.5. The van der Waals surface area contributed by atoms with Gasteiger partial charge in [-0.1, -0.05) is 6.07 Å². The highest BCUT2D eigenvalue weighted by Crippen LogP contribution is 2.34. The van der Waals surface area contributed by atoms with Crippen LogP contribution in [0.15, 0.2) is 53.4 Å². The fourth-order valence-corrected chi connectivity index (χ4v) is 3.59. The highest BCUT2D eigenvalue weighted by Gasteiger charge is 2.40. The lowest BCUT2D eigenvalue weighted by Crippen LogP contribution is -2.31. The topological polar surface area (TPSA) is 101 Å². The first-order valence-corrected chi connectivity index (χ1v) is 8.06. The Kier molecular flexibility index (Phi) is 4.26. The standard InChI is InChI=1S/C17H14N2O4S/c18-11-2-1-3-13(8-11)24-14-9-15(20)19(16(14)21)12-6-4-10(5-7-12)17(22)23/h1-8,14H,9,18H2,(H,22,23)/t14-/m1/s1. The molecule has 0 aliphatic carbocycles. The third-order valence-corrected chi connectivity index (χ3v) is 4.79. The Morgan fingerprint density at radius 2 is 1.88 bits per heavy atom. The average molecular weight is 342 g/mol. The fourth-order valence-electron chi connectivity index (χ4n) is 2.47. The van der Waals surface area contributed by atoms with Crippen molar-refractivity contribution in [2.45, 2.75) is 16.6 Å². The number of nitrogens with zero attached hydrogens (tertiary/aromatic N) is 1. The van der Waals surface area contributed by atoms with Crippen molar-refractivity contribution < 1.29 is 19.5 Å². The number of carboxylic acid groups (broad SMARTS) is 1. The Balaban J connectivity index is 1.80. The van der Waals surface area contributed by atoms with Crippen LogP contribution in [0, 0.1) is 0 Å².